The Morgan fingerprint density at radius 2 is 2.00 bits per heavy atom. The van der Waals surface area contributed by atoms with Crippen LogP contribution in [0.4, 0.5) is 0 Å². The van der Waals surface area contributed by atoms with Crippen molar-refractivity contribution in [3.8, 4) is 0 Å². The Morgan fingerprint density at radius 1 is 1.40 bits per heavy atom. The molecule has 0 aromatic carbocycles. The van der Waals surface area contributed by atoms with E-state index in [1.54, 1.807) is 0 Å². The number of carbonyl (C=O) groups is 1. The van der Waals surface area contributed by atoms with Gasteiger partial charge in [-0.1, -0.05) is 0 Å². The van der Waals surface area contributed by atoms with E-state index in [1.807, 2.05) is 6.92 Å². The highest BCUT2D eigenvalue weighted by Gasteiger charge is 2.31. The minimum Gasteiger partial charge on any atom is -0.395 e. The van der Waals surface area contributed by atoms with Gasteiger partial charge in [0.1, 0.15) is 0 Å². The number of hydrogen-bond acceptors (Lipinski definition) is 4. The number of rotatable bonds is 5. The Hall–Kier alpha value is -0.650. The summed E-state index contributed by atoms with van der Waals surface area (Å²) in [6, 6.07) is 0. The predicted octanol–water partition coefficient (Wildman–Crippen LogP) is -0.775. The molecule has 1 saturated heterocycles. The summed E-state index contributed by atoms with van der Waals surface area (Å²) in [5.74, 6) is -0.138. The van der Waals surface area contributed by atoms with Crippen LogP contribution in [0.5, 0.6) is 0 Å². The van der Waals surface area contributed by atoms with Gasteiger partial charge in [-0.2, -0.15) is 0 Å². The van der Waals surface area contributed by atoms with Crippen LogP contribution in [-0.4, -0.2) is 60.0 Å². The number of carbonyl (C=O) groups excluding carboxylic acids is 1. The molecule has 0 aromatic heterocycles. The van der Waals surface area contributed by atoms with Gasteiger partial charge in [0.15, 0.2) is 0 Å². The molecule has 1 aliphatic rings. The first-order valence-corrected chi connectivity index (χ1v) is 5.31. The van der Waals surface area contributed by atoms with Gasteiger partial charge >= 0.3 is 0 Å². The average molecular weight is 217 g/mol. The molecule has 15 heavy (non-hydrogen) atoms. The first kappa shape index (κ1) is 12.4. The maximum Gasteiger partial charge on any atom is 0.228 e. The lowest BCUT2D eigenvalue weighted by Gasteiger charge is -2.23. The second-order valence-corrected chi connectivity index (χ2v) is 3.85. The predicted molar refractivity (Wildman–Crippen MR) is 54.3 cm³/mol. The van der Waals surface area contributed by atoms with E-state index in [9.17, 15) is 4.79 Å². The zero-order valence-electron chi connectivity index (χ0n) is 9.06. The molecule has 1 aliphatic heterocycles. The first-order valence-electron chi connectivity index (χ1n) is 5.31. The van der Waals surface area contributed by atoms with Crippen molar-refractivity contribution in [1.29, 1.82) is 0 Å². The largest absolute Gasteiger partial charge is 0.395 e. The van der Waals surface area contributed by atoms with Crippen LogP contribution in [0.25, 0.3) is 0 Å². The molecule has 1 rings (SSSR count). The van der Waals surface area contributed by atoms with E-state index in [1.165, 1.54) is 4.90 Å². The van der Waals surface area contributed by atoms with Gasteiger partial charge in [-0.15, -0.1) is 0 Å². The van der Waals surface area contributed by atoms with Crippen molar-refractivity contribution in [2.75, 3.05) is 32.9 Å². The quantitative estimate of drug-likeness (QED) is 0.634. The molecule has 0 saturated carbocycles. The zero-order valence-corrected chi connectivity index (χ0v) is 9.06. The molecule has 0 bridgehead atoms. The molecule has 1 fully saturated rings. The van der Waals surface area contributed by atoms with Crippen LogP contribution in [0, 0.1) is 5.92 Å². The summed E-state index contributed by atoms with van der Waals surface area (Å²) in [4.78, 5) is 13.4. The Kier molecular flexibility index (Phi) is 5.01. The van der Waals surface area contributed by atoms with Crippen molar-refractivity contribution < 1.29 is 19.7 Å². The molecule has 5 nitrogen and oxygen atoms in total. The maximum atomic E-state index is 11.9. The van der Waals surface area contributed by atoms with Crippen molar-refractivity contribution in [1.82, 2.24) is 4.90 Å². The normalized spacial score (nSPS) is 25.5. The number of hydrogen-bond donors (Lipinski definition) is 2. The highest BCUT2D eigenvalue weighted by molar-refractivity contribution is 5.79. The van der Waals surface area contributed by atoms with Gasteiger partial charge in [-0.25, -0.2) is 0 Å². The van der Waals surface area contributed by atoms with Gasteiger partial charge in [0, 0.05) is 13.1 Å². The Balaban J connectivity index is 2.47. The fourth-order valence-electron chi connectivity index (χ4n) is 1.82. The fourth-order valence-corrected chi connectivity index (χ4v) is 1.82. The molecule has 0 spiro atoms. The van der Waals surface area contributed by atoms with Crippen LogP contribution in [0.2, 0.25) is 0 Å². The summed E-state index contributed by atoms with van der Waals surface area (Å²) in [6.07, 6.45) is 0.857. The van der Waals surface area contributed by atoms with Crippen molar-refractivity contribution in [3.05, 3.63) is 0 Å². The van der Waals surface area contributed by atoms with Gasteiger partial charge in [0.05, 0.1) is 31.8 Å². The molecule has 2 atom stereocenters. The Bertz CT molecular complexity index is 204. The standard InChI is InChI=1S/C10H19NO4/c1-8-6-9(7-15-8)10(14)11(2-4-12)3-5-13/h8-9,12-13H,2-7H2,1H3. The van der Waals surface area contributed by atoms with E-state index in [0.717, 1.165) is 6.42 Å². The van der Waals surface area contributed by atoms with Crippen molar-refractivity contribution >= 4 is 5.91 Å². The third-order valence-corrected chi connectivity index (χ3v) is 2.60. The lowest BCUT2D eigenvalue weighted by Crippen LogP contribution is -2.40. The number of nitrogens with zero attached hydrogens (tertiary/aromatic N) is 1. The molecule has 1 amide bonds. The molecule has 88 valence electrons. The summed E-state index contributed by atoms with van der Waals surface area (Å²) in [7, 11) is 0. The molecule has 0 aliphatic carbocycles. The molecular weight excluding hydrogens is 198 g/mol. The highest BCUT2D eigenvalue weighted by Crippen LogP contribution is 2.21. The van der Waals surface area contributed by atoms with Crippen LogP contribution >= 0.6 is 0 Å². The zero-order chi connectivity index (χ0) is 11.3. The molecule has 0 aromatic rings. The minimum atomic E-state index is -0.113. The molecule has 2 unspecified atom stereocenters. The third kappa shape index (κ3) is 3.44. The monoisotopic (exact) mass is 217 g/mol. The molecule has 1 heterocycles. The van der Waals surface area contributed by atoms with Crippen LogP contribution in [0.3, 0.4) is 0 Å². The van der Waals surface area contributed by atoms with Gasteiger partial charge in [-0.3, -0.25) is 4.79 Å². The van der Waals surface area contributed by atoms with Crippen molar-refractivity contribution in [3.63, 3.8) is 0 Å². The molecule has 0 radical (unpaired) electrons. The van der Waals surface area contributed by atoms with E-state index in [4.69, 9.17) is 14.9 Å². The fraction of sp³-hybridized carbons (Fsp3) is 0.900. The van der Waals surface area contributed by atoms with Gasteiger partial charge in [0.25, 0.3) is 0 Å². The van der Waals surface area contributed by atoms with Crippen LogP contribution in [0.15, 0.2) is 0 Å². The summed E-state index contributed by atoms with van der Waals surface area (Å²) in [6.45, 7) is 2.81. The number of amides is 1. The van der Waals surface area contributed by atoms with E-state index in [-0.39, 0.29) is 44.2 Å². The molecule has 2 N–H and O–H groups in total. The SMILES string of the molecule is CC1CC(C(=O)N(CCO)CCO)CO1. The topological polar surface area (TPSA) is 70.0 Å². The Morgan fingerprint density at radius 3 is 2.40 bits per heavy atom. The average Bonchev–Trinajstić information content (AvgIpc) is 2.63. The van der Waals surface area contributed by atoms with Crippen LogP contribution in [0.1, 0.15) is 13.3 Å². The number of aliphatic hydroxyl groups is 2. The maximum absolute atomic E-state index is 11.9. The van der Waals surface area contributed by atoms with E-state index < -0.39 is 0 Å². The molecule has 5 heteroatoms. The number of ether oxygens (including phenoxy) is 1. The summed E-state index contributed by atoms with van der Waals surface area (Å²) in [5.41, 5.74) is 0. The highest BCUT2D eigenvalue weighted by atomic mass is 16.5. The van der Waals surface area contributed by atoms with Gasteiger partial charge in [-0.05, 0) is 13.3 Å². The van der Waals surface area contributed by atoms with E-state index >= 15 is 0 Å². The molecular formula is C10H19NO4. The van der Waals surface area contributed by atoms with E-state index in [2.05, 4.69) is 0 Å². The lowest BCUT2D eigenvalue weighted by molar-refractivity contribution is -0.136. The summed E-state index contributed by atoms with van der Waals surface area (Å²) >= 11 is 0. The third-order valence-electron chi connectivity index (χ3n) is 2.60. The van der Waals surface area contributed by atoms with E-state index in [0.29, 0.717) is 6.61 Å². The van der Waals surface area contributed by atoms with Crippen LogP contribution in [-0.2, 0) is 9.53 Å². The van der Waals surface area contributed by atoms with Crippen LogP contribution < -0.4 is 0 Å². The van der Waals surface area contributed by atoms with Gasteiger partial charge in [0.2, 0.25) is 5.91 Å². The Labute approximate surface area is 89.6 Å². The van der Waals surface area contributed by atoms with Gasteiger partial charge < -0.3 is 19.8 Å². The first-order chi connectivity index (χ1) is 7.19. The lowest BCUT2D eigenvalue weighted by atomic mass is 10.0. The van der Waals surface area contributed by atoms with Crippen molar-refractivity contribution in [2.24, 2.45) is 5.92 Å². The van der Waals surface area contributed by atoms with Crippen molar-refractivity contribution in [2.45, 2.75) is 19.4 Å². The second kappa shape index (κ2) is 6.05. The minimum absolute atomic E-state index is 0.0255. The second-order valence-electron chi connectivity index (χ2n) is 3.85. The smallest absolute Gasteiger partial charge is 0.228 e. The number of aliphatic hydroxyl groups excluding tert-OH is 2. The summed E-state index contributed by atoms with van der Waals surface area (Å²) in [5, 5.41) is 17.6. The summed E-state index contributed by atoms with van der Waals surface area (Å²) < 4.78 is 5.32.